The van der Waals surface area contributed by atoms with Crippen LogP contribution in [0, 0.1) is 0 Å². The highest BCUT2D eigenvalue weighted by molar-refractivity contribution is 14.0. The summed E-state index contributed by atoms with van der Waals surface area (Å²) in [5.41, 5.74) is 3.60. The van der Waals surface area contributed by atoms with Gasteiger partial charge in [-0.25, -0.2) is 0 Å². The van der Waals surface area contributed by atoms with Crippen LogP contribution in [0.2, 0.25) is 0 Å². The van der Waals surface area contributed by atoms with E-state index in [-0.39, 0.29) is 24.0 Å². The van der Waals surface area contributed by atoms with Gasteiger partial charge in [-0.15, -0.1) is 35.3 Å². The van der Waals surface area contributed by atoms with Gasteiger partial charge in [0.05, 0.1) is 13.2 Å². The lowest BCUT2D eigenvalue weighted by Crippen LogP contribution is -2.38. The highest BCUT2D eigenvalue weighted by Crippen LogP contribution is 2.12. The largest absolute Gasteiger partial charge is 0.372 e. The maximum absolute atomic E-state index is 5.91. The summed E-state index contributed by atoms with van der Waals surface area (Å²) >= 11 is 1.79. The number of thiophene rings is 1. The molecule has 0 aliphatic carbocycles. The lowest BCUT2D eigenvalue weighted by molar-refractivity contribution is 0.106. The van der Waals surface area contributed by atoms with Crippen molar-refractivity contribution >= 4 is 41.3 Å². The molecule has 0 fully saturated rings. The van der Waals surface area contributed by atoms with Gasteiger partial charge in [0.1, 0.15) is 0 Å². The number of halogens is 1. The molecule has 0 saturated heterocycles. The molecule has 0 aliphatic rings. The van der Waals surface area contributed by atoms with Gasteiger partial charge in [-0.1, -0.05) is 60.7 Å². The maximum atomic E-state index is 5.91. The zero-order valence-electron chi connectivity index (χ0n) is 16.6. The normalized spacial score (nSPS) is 11.0. The Morgan fingerprint density at radius 3 is 2.38 bits per heavy atom. The van der Waals surface area contributed by atoms with E-state index in [1.165, 1.54) is 21.6 Å². The highest BCUT2D eigenvalue weighted by Gasteiger charge is 2.04. The topological polar surface area (TPSA) is 45.7 Å². The summed E-state index contributed by atoms with van der Waals surface area (Å²) in [7, 11) is 1.80. The second kappa shape index (κ2) is 13.3. The molecule has 0 aliphatic heterocycles. The Hall–Kier alpha value is -1.90. The lowest BCUT2D eigenvalue weighted by Gasteiger charge is -2.14. The molecule has 0 amide bonds. The first-order chi connectivity index (χ1) is 13.8. The molecule has 1 aromatic heterocycles. The molecule has 2 N–H and O–H groups in total. The van der Waals surface area contributed by atoms with Crippen molar-refractivity contribution in [1.82, 2.24) is 10.6 Å². The maximum Gasteiger partial charge on any atom is 0.191 e. The third kappa shape index (κ3) is 8.16. The van der Waals surface area contributed by atoms with Crippen LogP contribution in [0.3, 0.4) is 0 Å². The number of guanidine groups is 1. The van der Waals surface area contributed by atoms with Crippen LogP contribution < -0.4 is 10.6 Å². The highest BCUT2D eigenvalue weighted by atomic mass is 127. The fraction of sp³-hybridized carbons (Fsp3) is 0.261. The van der Waals surface area contributed by atoms with Crippen LogP contribution in [0.4, 0.5) is 0 Å². The molecular weight excluding hydrogens is 493 g/mol. The lowest BCUT2D eigenvalue weighted by atomic mass is 10.1. The Bertz CT molecular complexity index is 854. The number of ether oxygens (including phenoxy) is 1. The number of rotatable bonds is 9. The molecule has 0 spiro atoms. The van der Waals surface area contributed by atoms with Crippen molar-refractivity contribution in [2.75, 3.05) is 13.6 Å². The van der Waals surface area contributed by atoms with Gasteiger partial charge in [-0.3, -0.25) is 4.99 Å². The molecule has 0 unspecified atom stereocenters. The second-order valence-electron chi connectivity index (χ2n) is 6.43. The van der Waals surface area contributed by atoms with Crippen LogP contribution in [-0.2, 0) is 30.9 Å². The van der Waals surface area contributed by atoms with E-state index in [1.807, 2.05) is 18.2 Å². The SMILES string of the molecule is CN=C(NCCc1cccs1)NCc1ccccc1COCc1ccccc1.I. The van der Waals surface area contributed by atoms with E-state index in [1.54, 1.807) is 18.4 Å². The predicted octanol–water partition coefficient (Wildman–Crippen LogP) is 4.99. The molecule has 0 bridgehead atoms. The molecule has 3 aromatic rings. The molecule has 0 saturated carbocycles. The van der Waals surface area contributed by atoms with E-state index < -0.39 is 0 Å². The summed E-state index contributed by atoms with van der Waals surface area (Å²) in [6.07, 6.45) is 1.00. The van der Waals surface area contributed by atoms with Gasteiger partial charge < -0.3 is 15.4 Å². The van der Waals surface area contributed by atoms with Gasteiger partial charge >= 0.3 is 0 Å². The molecule has 0 radical (unpaired) electrons. The van der Waals surface area contributed by atoms with E-state index in [9.17, 15) is 0 Å². The summed E-state index contributed by atoms with van der Waals surface area (Å²) in [4.78, 5) is 5.70. The van der Waals surface area contributed by atoms with Crippen molar-refractivity contribution in [3.63, 3.8) is 0 Å². The van der Waals surface area contributed by atoms with Crippen LogP contribution in [0.15, 0.2) is 77.1 Å². The first-order valence-electron chi connectivity index (χ1n) is 9.50. The van der Waals surface area contributed by atoms with E-state index in [4.69, 9.17) is 4.74 Å². The minimum atomic E-state index is 0. The van der Waals surface area contributed by atoms with Gasteiger partial charge in [0.25, 0.3) is 0 Å². The number of hydrogen-bond acceptors (Lipinski definition) is 3. The third-order valence-corrected chi connectivity index (χ3v) is 5.34. The van der Waals surface area contributed by atoms with Crippen LogP contribution in [-0.4, -0.2) is 19.6 Å². The molecule has 3 rings (SSSR count). The Balaban J connectivity index is 0.00000300. The van der Waals surface area contributed by atoms with Crippen LogP contribution in [0.1, 0.15) is 21.6 Å². The number of nitrogens with zero attached hydrogens (tertiary/aromatic N) is 1. The van der Waals surface area contributed by atoms with Crippen molar-refractivity contribution in [1.29, 1.82) is 0 Å². The first-order valence-corrected chi connectivity index (χ1v) is 10.4. The quantitative estimate of drug-likeness (QED) is 0.237. The fourth-order valence-corrected chi connectivity index (χ4v) is 3.59. The van der Waals surface area contributed by atoms with Gasteiger partial charge in [0, 0.05) is 25.0 Å². The standard InChI is InChI=1S/C23H27N3OS.HI/c1-24-23(25-14-13-22-12-7-15-28-22)26-16-20-10-5-6-11-21(20)18-27-17-19-8-3-2-4-9-19;/h2-12,15H,13-14,16-18H2,1H3,(H2,24,25,26);1H. The van der Waals surface area contributed by atoms with E-state index in [0.29, 0.717) is 19.8 Å². The Morgan fingerprint density at radius 2 is 1.66 bits per heavy atom. The molecule has 29 heavy (non-hydrogen) atoms. The number of benzene rings is 2. The third-order valence-electron chi connectivity index (χ3n) is 4.40. The second-order valence-corrected chi connectivity index (χ2v) is 7.46. The van der Waals surface area contributed by atoms with Crippen molar-refractivity contribution in [2.45, 2.75) is 26.2 Å². The minimum Gasteiger partial charge on any atom is -0.372 e. The van der Waals surface area contributed by atoms with Gasteiger partial charge in [-0.2, -0.15) is 0 Å². The van der Waals surface area contributed by atoms with Crippen molar-refractivity contribution in [3.8, 4) is 0 Å². The molecule has 4 nitrogen and oxygen atoms in total. The van der Waals surface area contributed by atoms with Crippen molar-refractivity contribution < 1.29 is 4.74 Å². The summed E-state index contributed by atoms with van der Waals surface area (Å²) in [6.45, 7) is 2.79. The van der Waals surface area contributed by atoms with E-state index in [0.717, 1.165) is 18.9 Å². The minimum absolute atomic E-state index is 0. The Kier molecular flexibility index (Phi) is 10.8. The van der Waals surface area contributed by atoms with Crippen LogP contribution in [0.5, 0.6) is 0 Å². The summed E-state index contributed by atoms with van der Waals surface area (Å²) in [6, 6.07) is 22.9. The van der Waals surface area contributed by atoms with Crippen LogP contribution >= 0.6 is 35.3 Å². The molecule has 154 valence electrons. The van der Waals surface area contributed by atoms with Gasteiger partial charge in [0.2, 0.25) is 0 Å². The van der Waals surface area contributed by atoms with Crippen LogP contribution in [0.25, 0.3) is 0 Å². The van der Waals surface area contributed by atoms with Crippen molar-refractivity contribution in [3.05, 3.63) is 93.7 Å². The van der Waals surface area contributed by atoms with E-state index in [2.05, 4.69) is 69.5 Å². The molecule has 0 atom stereocenters. The summed E-state index contributed by atoms with van der Waals surface area (Å²) in [5, 5.41) is 8.89. The molecular formula is C23H28IN3OS. The Morgan fingerprint density at radius 1 is 0.897 bits per heavy atom. The van der Waals surface area contributed by atoms with Gasteiger partial charge in [-0.05, 0) is 34.6 Å². The van der Waals surface area contributed by atoms with E-state index >= 15 is 0 Å². The number of nitrogens with one attached hydrogen (secondary N) is 2. The summed E-state index contributed by atoms with van der Waals surface area (Å²) in [5.74, 6) is 0.816. The monoisotopic (exact) mass is 521 g/mol. The smallest absolute Gasteiger partial charge is 0.191 e. The number of aliphatic imine (C=N–C) groups is 1. The van der Waals surface area contributed by atoms with Crippen molar-refractivity contribution in [2.24, 2.45) is 4.99 Å². The zero-order chi connectivity index (χ0) is 19.4. The average Bonchev–Trinajstić information content (AvgIpc) is 3.26. The molecule has 6 heteroatoms. The zero-order valence-corrected chi connectivity index (χ0v) is 19.8. The van der Waals surface area contributed by atoms with Gasteiger partial charge in [0.15, 0.2) is 5.96 Å². The number of hydrogen-bond donors (Lipinski definition) is 2. The fourth-order valence-electron chi connectivity index (χ4n) is 2.88. The first kappa shape index (κ1) is 23.4. The summed E-state index contributed by atoms with van der Waals surface area (Å²) < 4.78 is 5.91. The average molecular weight is 521 g/mol. The Labute approximate surface area is 194 Å². The molecule has 1 heterocycles. The molecule has 2 aromatic carbocycles. The predicted molar refractivity (Wildman–Crippen MR) is 133 cm³/mol.